The van der Waals surface area contributed by atoms with Crippen LogP contribution >= 0.6 is 0 Å². The van der Waals surface area contributed by atoms with Crippen molar-refractivity contribution in [2.75, 3.05) is 0 Å². The second-order valence-corrected chi connectivity index (χ2v) is 11.8. The molecule has 0 saturated heterocycles. The Morgan fingerprint density at radius 3 is 1.98 bits per heavy atom. The van der Waals surface area contributed by atoms with Crippen molar-refractivity contribution in [3.63, 3.8) is 0 Å². The van der Waals surface area contributed by atoms with Gasteiger partial charge in [-0.05, 0) is 62.7 Å². The van der Waals surface area contributed by atoms with Gasteiger partial charge in [-0.15, -0.1) is 53.6 Å². The Morgan fingerprint density at radius 2 is 1.21 bits per heavy atom. The number of pyridine rings is 1. The van der Waals surface area contributed by atoms with E-state index in [1.165, 1.54) is 16.5 Å². The number of para-hydroxylation sites is 3. The van der Waals surface area contributed by atoms with Crippen molar-refractivity contribution in [3.05, 3.63) is 164 Å². The van der Waals surface area contributed by atoms with E-state index in [1.54, 1.807) is 0 Å². The third-order valence-corrected chi connectivity index (χ3v) is 9.00. The van der Waals surface area contributed by atoms with Crippen molar-refractivity contribution in [2.24, 2.45) is 7.05 Å². The van der Waals surface area contributed by atoms with Crippen LogP contribution in [0.1, 0.15) is 0 Å². The molecular formula is C43H28N4Pt. The van der Waals surface area contributed by atoms with E-state index < -0.39 is 0 Å². The molecule has 0 aliphatic rings. The van der Waals surface area contributed by atoms with Crippen LogP contribution in [0.5, 0.6) is 0 Å². The van der Waals surface area contributed by atoms with Crippen molar-refractivity contribution in [1.82, 2.24) is 19.1 Å². The van der Waals surface area contributed by atoms with Crippen LogP contribution in [0.25, 0.3) is 83.4 Å². The van der Waals surface area contributed by atoms with Crippen LogP contribution < -0.4 is 0 Å². The maximum Gasteiger partial charge on any atom is 2.00 e. The van der Waals surface area contributed by atoms with Crippen LogP contribution in [-0.4, -0.2) is 19.1 Å². The topological polar surface area (TPSA) is 35.6 Å². The van der Waals surface area contributed by atoms with Crippen LogP contribution in [0.3, 0.4) is 0 Å². The molecule has 3 heterocycles. The molecule has 230 valence electrons. The Labute approximate surface area is 293 Å². The predicted octanol–water partition coefficient (Wildman–Crippen LogP) is 10.3. The van der Waals surface area contributed by atoms with Crippen LogP contribution in [0.4, 0.5) is 0 Å². The summed E-state index contributed by atoms with van der Waals surface area (Å²) in [5, 5.41) is 2.32. The first-order valence-corrected chi connectivity index (χ1v) is 15.7. The minimum absolute atomic E-state index is 0. The van der Waals surface area contributed by atoms with Crippen molar-refractivity contribution < 1.29 is 21.1 Å². The van der Waals surface area contributed by atoms with Gasteiger partial charge >= 0.3 is 21.1 Å². The maximum atomic E-state index is 4.95. The minimum atomic E-state index is 0. The maximum absolute atomic E-state index is 4.95. The number of benzene rings is 6. The van der Waals surface area contributed by atoms with Gasteiger partial charge in [0.1, 0.15) is 0 Å². The zero-order valence-corrected chi connectivity index (χ0v) is 28.3. The first kappa shape index (κ1) is 29.8. The van der Waals surface area contributed by atoms with Gasteiger partial charge in [0, 0.05) is 18.8 Å². The summed E-state index contributed by atoms with van der Waals surface area (Å²) >= 11 is 0. The fourth-order valence-corrected chi connectivity index (χ4v) is 6.61. The summed E-state index contributed by atoms with van der Waals surface area (Å²) < 4.78 is 4.39. The molecule has 0 saturated carbocycles. The molecular weight excluding hydrogens is 768 g/mol. The third-order valence-electron chi connectivity index (χ3n) is 9.00. The van der Waals surface area contributed by atoms with Gasteiger partial charge in [-0.1, -0.05) is 102 Å². The Balaban J connectivity index is 0.00000336. The quantitative estimate of drug-likeness (QED) is 0.163. The molecule has 0 aliphatic carbocycles. The van der Waals surface area contributed by atoms with Gasteiger partial charge in [0.2, 0.25) is 0 Å². The second-order valence-electron chi connectivity index (χ2n) is 11.8. The number of nitrogens with zero attached hydrogens (tertiary/aromatic N) is 4. The molecule has 9 rings (SSSR count). The summed E-state index contributed by atoms with van der Waals surface area (Å²) in [6.07, 6.45) is 1.95. The molecule has 0 bridgehead atoms. The normalized spacial score (nSPS) is 11.3. The third kappa shape index (κ3) is 5.06. The number of imidazole rings is 1. The van der Waals surface area contributed by atoms with Gasteiger partial charge in [0.05, 0.1) is 16.9 Å². The zero-order valence-electron chi connectivity index (χ0n) is 26.0. The molecule has 6 aromatic carbocycles. The van der Waals surface area contributed by atoms with E-state index in [2.05, 4.69) is 156 Å². The van der Waals surface area contributed by atoms with E-state index in [-0.39, 0.29) is 21.1 Å². The Bertz CT molecular complexity index is 2560. The molecule has 0 radical (unpaired) electrons. The molecule has 9 aromatic rings. The molecule has 0 fully saturated rings. The number of rotatable bonds is 5. The zero-order chi connectivity index (χ0) is 31.3. The Hall–Kier alpha value is -5.57. The summed E-state index contributed by atoms with van der Waals surface area (Å²) in [5.41, 5.74) is 12.5. The van der Waals surface area contributed by atoms with Gasteiger partial charge in [-0.3, -0.25) is 4.98 Å². The standard InChI is InChI=1S/C43H28N4.Pt/c1-46-41-17-8-6-15-39(41)45-43(46)33-22-24-37-36-14-5-7-16-40(36)47(42(37)27-33)35-13-9-12-32(26-35)38-25-23-34(28-44-38)31-20-18-30(19-21-31)29-10-3-2-4-11-29;/h2-25,28H,1H3;/q-2;+2. The molecule has 0 atom stereocenters. The van der Waals surface area contributed by atoms with Crippen molar-refractivity contribution in [3.8, 4) is 50.6 Å². The average molecular weight is 796 g/mol. The smallest absolute Gasteiger partial charge is 0.367 e. The molecule has 5 heteroatoms. The fourth-order valence-electron chi connectivity index (χ4n) is 6.61. The van der Waals surface area contributed by atoms with Crippen LogP contribution in [0.15, 0.2) is 152 Å². The van der Waals surface area contributed by atoms with Crippen LogP contribution in [0, 0.1) is 12.1 Å². The van der Waals surface area contributed by atoms with Gasteiger partial charge in [0.15, 0.2) is 0 Å². The van der Waals surface area contributed by atoms with E-state index in [1.807, 2.05) is 24.4 Å². The van der Waals surface area contributed by atoms with Crippen LogP contribution in [-0.2, 0) is 28.1 Å². The van der Waals surface area contributed by atoms with Gasteiger partial charge in [-0.25, -0.2) is 0 Å². The molecule has 48 heavy (non-hydrogen) atoms. The molecule has 0 unspecified atom stereocenters. The Morgan fingerprint density at radius 1 is 0.521 bits per heavy atom. The largest absolute Gasteiger partial charge is 2.00 e. The van der Waals surface area contributed by atoms with Crippen LogP contribution in [0.2, 0.25) is 0 Å². The predicted molar refractivity (Wildman–Crippen MR) is 192 cm³/mol. The van der Waals surface area contributed by atoms with Gasteiger partial charge in [0.25, 0.3) is 0 Å². The van der Waals surface area contributed by atoms with Crippen molar-refractivity contribution in [2.45, 2.75) is 0 Å². The molecule has 0 N–H and O–H groups in total. The SMILES string of the molecule is Cn1c(-c2[c-]c3c(cc2)c2ccccc2n3-c2[c-]c(-c3ccc(-c4ccc(-c5ccccc5)cc4)cn3)ccc2)nc2ccccc21.[Pt+2]. The summed E-state index contributed by atoms with van der Waals surface area (Å²) in [6.45, 7) is 0. The molecule has 0 aliphatic heterocycles. The summed E-state index contributed by atoms with van der Waals surface area (Å²) in [4.78, 5) is 9.83. The number of hydrogen-bond acceptors (Lipinski definition) is 2. The number of aryl methyl sites for hydroxylation is 1. The average Bonchev–Trinajstić information content (AvgIpc) is 3.66. The summed E-state index contributed by atoms with van der Waals surface area (Å²) in [7, 11) is 2.06. The van der Waals surface area contributed by atoms with E-state index in [4.69, 9.17) is 9.97 Å². The molecule has 0 spiro atoms. The first-order valence-electron chi connectivity index (χ1n) is 15.7. The van der Waals surface area contributed by atoms with E-state index in [0.717, 1.165) is 66.9 Å². The molecule has 4 nitrogen and oxygen atoms in total. The molecule has 0 amide bonds. The first-order chi connectivity index (χ1) is 23.2. The fraction of sp³-hybridized carbons (Fsp3) is 0.0233. The second kappa shape index (κ2) is 12.2. The number of fused-ring (bicyclic) bond motifs is 4. The van der Waals surface area contributed by atoms with E-state index in [0.29, 0.717) is 0 Å². The minimum Gasteiger partial charge on any atom is -0.367 e. The van der Waals surface area contributed by atoms with Gasteiger partial charge < -0.3 is 14.1 Å². The van der Waals surface area contributed by atoms with Crippen molar-refractivity contribution >= 4 is 32.8 Å². The van der Waals surface area contributed by atoms with E-state index in [9.17, 15) is 0 Å². The number of aromatic nitrogens is 4. The van der Waals surface area contributed by atoms with E-state index >= 15 is 0 Å². The summed E-state index contributed by atoms with van der Waals surface area (Å²) in [5.74, 6) is 0.890. The van der Waals surface area contributed by atoms with Gasteiger partial charge in [-0.2, -0.15) is 0 Å². The summed E-state index contributed by atoms with van der Waals surface area (Å²) in [6, 6.07) is 58.1. The molecule has 3 aromatic heterocycles. The monoisotopic (exact) mass is 795 g/mol. The Kier molecular flexibility index (Phi) is 7.59. The van der Waals surface area contributed by atoms with Crippen molar-refractivity contribution in [1.29, 1.82) is 0 Å². The number of hydrogen-bond donors (Lipinski definition) is 0.